The molecule has 2 N–H and O–H groups in total. The van der Waals surface area contributed by atoms with Gasteiger partial charge in [-0.2, -0.15) is 13.2 Å². The predicted octanol–water partition coefficient (Wildman–Crippen LogP) is 3.49. The average Bonchev–Trinajstić information content (AvgIpc) is 2.27. The van der Waals surface area contributed by atoms with Crippen LogP contribution in [0.4, 0.5) is 23.2 Å². The maximum Gasteiger partial charge on any atom is 0.419 e. The summed E-state index contributed by atoms with van der Waals surface area (Å²) >= 11 is 0. The summed E-state index contributed by atoms with van der Waals surface area (Å²) < 4.78 is 50.5. The fourth-order valence-electron chi connectivity index (χ4n) is 1.58. The maximum atomic E-state index is 13.4. The Balaban J connectivity index is 2.51. The Morgan fingerprint density at radius 2 is 1.83 bits per heavy atom. The molecule has 1 aromatic heterocycles. The Bertz CT molecular complexity index is 579. The van der Waals surface area contributed by atoms with Crippen molar-refractivity contribution in [3.05, 3.63) is 48.0 Å². The lowest BCUT2D eigenvalue weighted by Crippen LogP contribution is -2.08. The molecule has 0 aliphatic heterocycles. The summed E-state index contributed by atoms with van der Waals surface area (Å²) in [6.45, 7) is 0. The number of nitrogen functional groups attached to an aromatic ring is 1. The normalized spacial score (nSPS) is 11.6. The van der Waals surface area contributed by atoms with Gasteiger partial charge in [-0.3, -0.25) is 4.98 Å². The van der Waals surface area contributed by atoms with Crippen LogP contribution < -0.4 is 5.73 Å². The van der Waals surface area contributed by atoms with Crippen molar-refractivity contribution >= 4 is 5.69 Å². The Kier molecular flexibility index (Phi) is 2.94. The minimum atomic E-state index is -4.70. The van der Waals surface area contributed by atoms with Crippen LogP contribution in [0, 0.1) is 5.82 Å². The van der Waals surface area contributed by atoms with Gasteiger partial charge in [0.1, 0.15) is 5.82 Å². The largest absolute Gasteiger partial charge is 0.419 e. The monoisotopic (exact) mass is 256 g/mol. The molecule has 0 aliphatic carbocycles. The van der Waals surface area contributed by atoms with E-state index in [1.54, 1.807) is 0 Å². The molecule has 0 atom stereocenters. The van der Waals surface area contributed by atoms with Crippen LogP contribution in [-0.2, 0) is 6.18 Å². The maximum absolute atomic E-state index is 13.4. The fourth-order valence-corrected chi connectivity index (χ4v) is 1.58. The molecule has 1 aromatic carbocycles. The molecule has 94 valence electrons. The predicted molar refractivity (Wildman–Crippen MR) is 59.0 cm³/mol. The Morgan fingerprint density at radius 1 is 1.11 bits per heavy atom. The number of nitrogens with two attached hydrogens (primary N) is 1. The zero-order valence-electron chi connectivity index (χ0n) is 9.00. The summed E-state index contributed by atoms with van der Waals surface area (Å²) in [5.41, 5.74) is 5.32. The molecule has 0 bridgehead atoms. The summed E-state index contributed by atoms with van der Waals surface area (Å²) in [4.78, 5) is 3.75. The van der Waals surface area contributed by atoms with Crippen molar-refractivity contribution in [2.75, 3.05) is 5.73 Å². The molecular formula is C12H8F4N2. The fraction of sp³-hybridized carbons (Fsp3) is 0.0833. The molecule has 2 rings (SSSR count). The highest BCUT2D eigenvalue weighted by molar-refractivity contribution is 5.75. The van der Waals surface area contributed by atoms with E-state index in [0.717, 1.165) is 6.07 Å². The smallest absolute Gasteiger partial charge is 0.397 e. The third-order valence-electron chi connectivity index (χ3n) is 2.44. The highest BCUT2D eigenvalue weighted by Gasteiger charge is 2.33. The molecule has 0 fully saturated rings. The van der Waals surface area contributed by atoms with Crippen LogP contribution >= 0.6 is 0 Å². The number of hydrogen-bond donors (Lipinski definition) is 1. The Hall–Kier alpha value is -2.11. The van der Waals surface area contributed by atoms with Crippen LogP contribution in [-0.4, -0.2) is 4.98 Å². The average molecular weight is 256 g/mol. The summed E-state index contributed by atoms with van der Waals surface area (Å²) in [5.74, 6) is -1.32. The first-order chi connectivity index (χ1) is 8.39. The van der Waals surface area contributed by atoms with Gasteiger partial charge >= 0.3 is 6.18 Å². The lowest BCUT2D eigenvalue weighted by atomic mass is 10.0. The number of hydrogen-bond acceptors (Lipinski definition) is 2. The lowest BCUT2D eigenvalue weighted by molar-refractivity contribution is -0.139. The first-order valence-corrected chi connectivity index (χ1v) is 4.96. The minimum absolute atomic E-state index is 0.275. The molecule has 6 heteroatoms. The van der Waals surface area contributed by atoms with Crippen molar-refractivity contribution in [1.29, 1.82) is 0 Å². The standard InChI is InChI=1S/C12H8F4N2/c13-10-5-7(1-2-9(10)12(14,15)16)8-3-4-18-6-11(8)17/h1-6H,17H2. The van der Waals surface area contributed by atoms with Gasteiger partial charge < -0.3 is 5.73 Å². The number of pyridine rings is 1. The van der Waals surface area contributed by atoms with Crippen molar-refractivity contribution in [3.8, 4) is 11.1 Å². The highest BCUT2D eigenvalue weighted by Crippen LogP contribution is 2.34. The van der Waals surface area contributed by atoms with Crippen LogP contribution in [0.15, 0.2) is 36.7 Å². The van der Waals surface area contributed by atoms with E-state index in [0.29, 0.717) is 11.6 Å². The van der Waals surface area contributed by atoms with E-state index in [1.807, 2.05) is 0 Å². The molecule has 18 heavy (non-hydrogen) atoms. The number of benzene rings is 1. The summed E-state index contributed by atoms with van der Waals surface area (Å²) in [7, 11) is 0. The lowest BCUT2D eigenvalue weighted by Gasteiger charge is -2.10. The zero-order valence-corrected chi connectivity index (χ0v) is 9.00. The van der Waals surface area contributed by atoms with E-state index >= 15 is 0 Å². The summed E-state index contributed by atoms with van der Waals surface area (Å²) in [5, 5.41) is 0. The number of anilines is 1. The third kappa shape index (κ3) is 2.27. The SMILES string of the molecule is Nc1cnccc1-c1ccc(C(F)(F)F)c(F)c1. The third-order valence-corrected chi connectivity index (χ3v) is 2.44. The van der Waals surface area contributed by atoms with Crippen molar-refractivity contribution < 1.29 is 17.6 Å². The topological polar surface area (TPSA) is 38.9 Å². The Morgan fingerprint density at radius 3 is 2.39 bits per heavy atom. The second-order valence-corrected chi connectivity index (χ2v) is 3.66. The Labute approximate surface area is 100 Å². The van der Waals surface area contributed by atoms with Gasteiger partial charge in [0.05, 0.1) is 17.4 Å². The quantitative estimate of drug-likeness (QED) is 0.793. The van der Waals surface area contributed by atoms with Crippen LogP contribution in [0.3, 0.4) is 0 Å². The van der Waals surface area contributed by atoms with Gasteiger partial charge in [0.15, 0.2) is 0 Å². The van der Waals surface area contributed by atoms with Crippen LogP contribution in [0.5, 0.6) is 0 Å². The number of rotatable bonds is 1. The number of halogens is 4. The molecule has 0 saturated heterocycles. The molecule has 2 nitrogen and oxygen atoms in total. The van der Waals surface area contributed by atoms with Gasteiger partial charge in [-0.15, -0.1) is 0 Å². The number of aromatic nitrogens is 1. The van der Waals surface area contributed by atoms with E-state index in [4.69, 9.17) is 5.73 Å². The molecule has 0 saturated carbocycles. The van der Waals surface area contributed by atoms with Crippen molar-refractivity contribution in [2.24, 2.45) is 0 Å². The minimum Gasteiger partial charge on any atom is -0.397 e. The first kappa shape index (κ1) is 12.3. The second-order valence-electron chi connectivity index (χ2n) is 3.66. The highest BCUT2D eigenvalue weighted by atomic mass is 19.4. The van der Waals surface area contributed by atoms with Gasteiger partial charge in [0.2, 0.25) is 0 Å². The summed E-state index contributed by atoms with van der Waals surface area (Å²) in [6.07, 6.45) is -1.92. The molecule has 0 radical (unpaired) electrons. The zero-order chi connectivity index (χ0) is 13.3. The number of alkyl halides is 3. The van der Waals surface area contributed by atoms with E-state index in [-0.39, 0.29) is 11.3 Å². The molecule has 0 unspecified atom stereocenters. The number of nitrogens with zero attached hydrogens (tertiary/aromatic N) is 1. The van der Waals surface area contributed by atoms with E-state index in [9.17, 15) is 17.6 Å². The van der Waals surface area contributed by atoms with E-state index in [2.05, 4.69) is 4.98 Å². The van der Waals surface area contributed by atoms with Gasteiger partial charge in [0.25, 0.3) is 0 Å². The van der Waals surface area contributed by atoms with Gasteiger partial charge in [-0.25, -0.2) is 4.39 Å². The molecule has 2 aromatic rings. The molecular weight excluding hydrogens is 248 g/mol. The van der Waals surface area contributed by atoms with Crippen LogP contribution in [0.25, 0.3) is 11.1 Å². The van der Waals surface area contributed by atoms with Gasteiger partial charge in [-0.1, -0.05) is 6.07 Å². The second kappa shape index (κ2) is 4.29. The van der Waals surface area contributed by atoms with Crippen molar-refractivity contribution in [2.45, 2.75) is 6.18 Å². The summed E-state index contributed by atoms with van der Waals surface area (Å²) in [6, 6.07) is 4.20. The van der Waals surface area contributed by atoms with Crippen LogP contribution in [0.1, 0.15) is 5.56 Å². The van der Waals surface area contributed by atoms with E-state index in [1.165, 1.54) is 24.5 Å². The van der Waals surface area contributed by atoms with Crippen molar-refractivity contribution in [3.63, 3.8) is 0 Å². The molecule has 0 spiro atoms. The van der Waals surface area contributed by atoms with Crippen molar-refractivity contribution in [1.82, 2.24) is 4.98 Å². The van der Waals surface area contributed by atoms with Gasteiger partial charge in [0, 0.05) is 11.8 Å². The molecule has 0 amide bonds. The van der Waals surface area contributed by atoms with Crippen LogP contribution in [0.2, 0.25) is 0 Å². The molecule has 1 heterocycles. The first-order valence-electron chi connectivity index (χ1n) is 4.96. The molecule has 0 aliphatic rings. The van der Waals surface area contributed by atoms with E-state index < -0.39 is 17.6 Å². The van der Waals surface area contributed by atoms with Gasteiger partial charge in [-0.05, 0) is 23.8 Å².